The van der Waals surface area contributed by atoms with Crippen molar-refractivity contribution >= 4 is 0 Å². The third-order valence-electron chi connectivity index (χ3n) is 7.74. The quantitative estimate of drug-likeness (QED) is 0.171. The number of aryl methyl sites for hydroxylation is 4. The van der Waals surface area contributed by atoms with E-state index < -0.39 is 5.41 Å². The molecule has 3 rings (SSSR count). The largest absolute Gasteiger partial charge is 0.491 e. The Morgan fingerprint density at radius 3 is 1.20 bits per heavy atom. The first kappa shape index (κ1) is 31.7. The highest BCUT2D eigenvalue weighted by Crippen LogP contribution is 2.44. The third-order valence-corrected chi connectivity index (χ3v) is 7.74. The maximum Gasteiger partial charge on any atom is 0.125 e. The maximum absolute atomic E-state index is 9.52. The Labute approximate surface area is 242 Å². The summed E-state index contributed by atoms with van der Waals surface area (Å²) >= 11 is 0. The fraction of sp³-hybridized carbons (Fsp3) is 0.500. The van der Waals surface area contributed by atoms with Crippen molar-refractivity contribution in [1.82, 2.24) is 0 Å². The fourth-order valence-corrected chi connectivity index (χ4v) is 5.84. The predicted octanol–water partition coefficient (Wildman–Crippen LogP) is 7.59. The zero-order valence-electron chi connectivity index (χ0n) is 25.4. The molecule has 3 aromatic carbocycles. The van der Waals surface area contributed by atoms with E-state index in [-0.39, 0.29) is 13.2 Å². The second-order valence-corrected chi connectivity index (χ2v) is 10.9. The molecular weight excluding hydrogens is 496 g/mol. The smallest absolute Gasteiger partial charge is 0.125 e. The molecule has 4 nitrogen and oxygen atoms in total. The lowest BCUT2D eigenvalue weighted by Gasteiger charge is -2.35. The molecule has 0 aliphatic heterocycles. The molecule has 0 spiro atoms. The summed E-state index contributed by atoms with van der Waals surface area (Å²) in [6, 6.07) is 20.2. The number of aliphatic hydroxyl groups excluding tert-OH is 2. The Bertz CT molecular complexity index is 1060. The summed E-state index contributed by atoms with van der Waals surface area (Å²) in [6.45, 7) is 11.8. The number of benzene rings is 3. The summed E-state index contributed by atoms with van der Waals surface area (Å²) in [5, 5.41) is 19.0. The summed E-state index contributed by atoms with van der Waals surface area (Å²) < 4.78 is 12.3. The maximum atomic E-state index is 9.52. The topological polar surface area (TPSA) is 58.9 Å². The van der Waals surface area contributed by atoms with Gasteiger partial charge in [-0.1, -0.05) is 108 Å². The molecule has 0 aliphatic rings. The molecule has 0 aromatic heterocycles. The van der Waals surface area contributed by atoms with E-state index in [0.29, 0.717) is 13.2 Å². The van der Waals surface area contributed by atoms with Crippen LogP contribution in [-0.4, -0.2) is 36.6 Å². The average molecular weight is 547 g/mol. The normalized spacial score (nSPS) is 11.6. The second kappa shape index (κ2) is 15.8. The van der Waals surface area contributed by atoms with Gasteiger partial charge in [0, 0.05) is 5.41 Å². The van der Waals surface area contributed by atoms with Crippen LogP contribution >= 0.6 is 0 Å². The molecule has 0 saturated carbocycles. The van der Waals surface area contributed by atoms with Gasteiger partial charge in [-0.15, -0.1) is 0 Å². The van der Waals surface area contributed by atoms with Crippen LogP contribution in [0.5, 0.6) is 11.5 Å². The Morgan fingerprint density at radius 1 is 0.550 bits per heavy atom. The van der Waals surface area contributed by atoms with Gasteiger partial charge in [0.05, 0.1) is 13.2 Å². The van der Waals surface area contributed by atoms with Crippen LogP contribution in [0.4, 0.5) is 0 Å². The summed E-state index contributed by atoms with van der Waals surface area (Å²) in [6.07, 6.45) is 7.77. The van der Waals surface area contributed by atoms with Crippen molar-refractivity contribution < 1.29 is 19.7 Å². The molecule has 0 bridgehead atoms. The number of hydrogen-bond acceptors (Lipinski definition) is 4. The van der Waals surface area contributed by atoms with Gasteiger partial charge in [0.1, 0.15) is 24.7 Å². The van der Waals surface area contributed by atoms with Gasteiger partial charge in [0.15, 0.2) is 0 Å². The lowest BCUT2D eigenvalue weighted by molar-refractivity contribution is 0.199. The Balaban J connectivity index is 2.37. The molecule has 218 valence electrons. The number of aliphatic hydroxyl groups is 2. The summed E-state index contributed by atoms with van der Waals surface area (Å²) in [4.78, 5) is 0. The standard InChI is InChI=1S/C36H50O4/c1-6-13-27-23-32(24-28(14-7-2)34(27)39-21-19-37)36(5,31-17-11-10-12-18-31)33-25-29(15-8-3)35(40-22-20-38)30(26-33)16-9-4/h10-12,17-18,23-26,37-38H,6-9,13-16,19-22H2,1-5H3. The van der Waals surface area contributed by atoms with Crippen LogP contribution < -0.4 is 9.47 Å². The van der Waals surface area contributed by atoms with E-state index in [9.17, 15) is 10.2 Å². The van der Waals surface area contributed by atoms with Gasteiger partial charge >= 0.3 is 0 Å². The second-order valence-electron chi connectivity index (χ2n) is 10.9. The van der Waals surface area contributed by atoms with Crippen molar-refractivity contribution in [3.8, 4) is 11.5 Å². The molecule has 0 atom stereocenters. The van der Waals surface area contributed by atoms with E-state index >= 15 is 0 Å². The van der Waals surface area contributed by atoms with Crippen molar-refractivity contribution in [2.45, 2.75) is 91.4 Å². The highest BCUT2D eigenvalue weighted by atomic mass is 16.5. The van der Waals surface area contributed by atoms with Gasteiger partial charge in [-0.05, 0) is 71.6 Å². The number of ether oxygens (including phenoxy) is 2. The monoisotopic (exact) mass is 546 g/mol. The van der Waals surface area contributed by atoms with Crippen LogP contribution in [0.3, 0.4) is 0 Å². The van der Waals surface area contributed by atoms with Crippen molar-refractivity contribution in [2.24, 2.45) is 0 Å². The molecule has 0 amide bonds. The van der Waals surface area contributed by atoms with E-state index in [0.717, 1.165) is 62.9 Å². The van der Waals surface area contributed by atoms with Crippen LogP contribution in [0.15, 0.2) is 54.6 Å². The van der Waals surface area contributed by atoms with Crippen molar-refractivity contribution in [3.05, 3.63) is 93.5 Å². The van der Waals surface area contributed by atoms with Gasteiger partial charge in [-0.3, -0.25) is 0 Å². The minimum atomic E-state index is -0.401. The molecular formula is C36H50O4. The first-order valence-corrected chi connectivity index (χ1v) is 15.3. The molecule has 0 aliphatic carbocycles. The van der Waals surface area contributed by atoms with Gasteiger partial charge in [0.25, 0.3) is 0 Å². The molecule has 40 heavy (non-hydrogen) atoms. The minimum absolute atomic E-state index is 0.00568. The molecule has 0 unspecified atom stereocenters. The molecule has 0 saturated heterocycles. The van der Waals surface area contributed by atoms with Crippen LogP contribution in [0.2, 0.25) is 0 Å². The predicted molar refractivity (Wildman–Crippen MR) is 166 cm³/mol. The average Bonchev–Trinajstić information content (AvgIpc) is 2.96. The zero-order valence-corrected chi connectivity index (χ0v) is 25.4. The van der Waals surface area contributed by atoms with Crippen molar-refractivity contribution in [1.29, 1.82) is 0 Å². The SMILES string of the molecule is CCCc1cc(C(C)(c2ccccc2)c2cc(CCC)c(OCCO)c(CCC)c2)cc(CCC)c1OCCO. The van der Waals surface area contributed by atoms with Crippen LogP contribution in [0, 0.1) is 0 Å². The van der Waals surface area contributed by atoms with E-state index in [2.05, 4.69) is 89.2 Å². The first-order chi connectivity index (χ1) is 19.5. The van der Waals surface area contributed by atoms with E-state index in [1.807, 2.05) is 0 Å². The fourth-order valence-electron chi connectivity index (χ4n) is 5.84. The summed E-state index contributed by atoms with van der Waals surface area (Å²) in [5.74, 6) is 1.89. The van der Waals surface area contributed by atoms with Gasteiger partial charge in [-0.2, -0.15) is 0 Å². The molecule has 0 fully saturated rings. The molecule has 4 heteroatoms. The van der Waals surface area contributed by atoms with E-state index in [1.165, 1.54) is 38.9 Å². The molecule has 0 heterocycles. The van der Waals surface area contributed by atoms with Crippen LogP contribution in [-0.2, 0) is 31.1 Å². The zero-order chi connectivity index (χ0) is 29.0. The van der Waals surface area contributed by atoms with E-state index in [1.54, 1.807) is 0 Å². The summed E-state index contributed by atoms with van der Waals surface area (Å²) in [7, 11) is 0. The Kier molecular flexibility index (Phi) is 12.5. The van der Waals surface area contributed by atoms with Gasteiger partial charge in [0.2, 0.25) is 0 Å². The van der Waals surface area contributed by atoms with Gasteiger partial charge < -0.3 is 19.7 Å². The lowest BCUT2D eigenvalue weighted by atomic mass is 9.69. The molecule has 0 radical (unpaired) electrons. The van der Waals surface area contributed by atoms with Gasteiger partial charge in [-0.25, -0.2) is 0 Å². The number of hydrogen-bond donors (Lipinski definition) is 2. The number of rotatable bonds is 17. The van der Waals surface area contributed by atoms with Crippen molar-refractivity contribution in [3.63, 3.8) is 0 Å². The summed E-state index contributed by atoms with van der Waals surface area (Å²) in [5.41, 5.74) is 8.22. The highest BCUT2D eigenvalue weighted by molar-refractivity contribution is 5.58. The van der Waals surface area contributed by atoms with E-state index in [4.69, 9.17) is 9.47 Å². The third kappa shape index (κ3) is 7.27. The molecule has 2 N–H and O–H groups in total. The minimum Gasteiger partial charge on any atom is -0.491 e. The first-order valence-electron chi connectivity index (χ1n) is 15.3. The Morgan fingerprint density at radius 2 is 0.900 bits per heavy atom. The molecule has 3 aromatic rings. The van der Waals surface area contributed by atoms with Crippen molar-refractivity contribution in [2.75, 3.05) is 26.4 Å². The highest BCUT2D eigenvalue weighted by Gasteiger charge is 2.34. The van der Waals surface area contributed by atoms with Crippen LogP contribution in [0.1, 0.15) is 99.2 Å². The lowest BCUT2D eigenvalue weighted by Crippen LogP contribution is -2.27. The Hall–Kier alpha value is -2.82. The van der Waals surface area contributed by atoms with Crippen LogP contribution in [0.25, 0.3) is 0 Å².